The van der Waals surface area contributed by atoms with Crippen molar-refractivity contribution in [2.45, 2.75) is 0 Å². The Morgan fingerprint density at radius 3 is 2.67 bits per heavy atom. The Bertz CT molecular complexity index is 288. The summed E-state index contributed by atoms with van der Waals surface area (Å²) in [5.41, 5.74) is 0.982. The van der Waals surface area contributed by atoms with Crippen LogP contribution in [0.2, 0.25) is 0 Å². The van der Waals surface area contributed by atoms with Crippen molar-refractivity contribution in [3.63, 3.8) is 0 Å². The Morgan fingerprint density at radius 2 is 2.08 bits per heavy atom. The molecule has 0 aliphatic carbocycles. The van der Waals surface area contributed by atoms with Gasteiger partial charge in [-0.25, -0.2) is 0 Å². The molecule has 0 aliphatic rings. The van der Waals surface area contributed by atoms with Gasteiger partial charge in [0, 0.05) is 0 Å². The molecule has 0 saturated heterocycles. The van der Waals surface area contributed by atoms with Gasteiger partial charge in [-0.1, -0.05) is 29.4 Å². The lowest BCUT2D eigenvalue weighted by atomic mass is 9.80. The number of nitrogens with zero attached hydrogens (tertiary/aromatic N) is 1. The standard InChI is InChI=1S/C7H8BNO3/c10-8(11)7-3-1-2-6(4-7)5-9-12/h1-5,10-12H. The van der Waals surface area contributed by atoms with Crippen molar-refractivity contribution in [2.24, 2.45) is 5.16 Å². The number of rotatable bonds is 2. The smallest absolute Gasteiger partial charge is 0.423 e. The highest BCUT2D eigenvalue weighted by atomic mass is 16.4. The van der Waals surface area contributed by atoms with Gasteiger partial charge in [0.25, 0.3) is 0 Å². The van der Waals surface area contributed by atoms with Crippen LogP contribution in [0.1, 0.15) is 5.56 Å². The van der Waals surface area contributed by atoms with Crippen molar-refractivity contribution in [2.75, 3.05) is 0 Å². The molecule has 0 bridgehead atoms. The molecule has 0 aromatic heterocycles. The highest BCUT2D eigenvalue weighted by molar-refractivity contribution is 6.58. The van der Waals surface area contributed by atoms with Crippen LogP contribution in [0.4, 0.5) is 0 Å². The van der Waals surface area contributed by atoms with Crippen molar-refractivity contribution in [1.82, 2.24) is 0 Å². The Labute approximate surface area is 69.9 Å². The van der Waals surface area contributed by atoms with E-state index in [0.29, 0.717) is 11.0 Å². The maximum Gasteiger partial charge on any atom is 0.488 e. The van der Waals surface area contributed by atoms with Crippen molar-refractivity contribution in [3.8, 4) is 0 Å². The second-order valence-corrected chi connectivity index (χ2v) is 2.29. The number of oxime groups is 1. The van der Waals surface area contributed by atoms with Crippen LogP contribution in [0.15, 0.2) is 29.4 Å². The lowest BCUT2D eigenvalue weighted by Gasteiger charge is -1.98. The van der Waals surface area contributed by atoms with Crippen molar-refractivity contribution >= 4 is 18.8 Å². The van der Waals surface area contributed by atoms with Crippen LogP contribution in [0.25, 0.3) is 0 Å². The average Bonchev–Trinajstić information content (AvgIpc) is 2.05. The summed E-state index contributed by atoms with van der Waals surface area (Å²) in [5, 5.41) is 28.5. The van der Waals surface area contributed by atoms with Gasteiger partial charge in [-0.05, 0) is 11.0 Å². The van der Waals surface area contributed by atoms with E-state index in [1.165, 1.54) is 12.3 Å². The Hall–Kier alpha value is -1.33. The normalized spacial score (nSPS) is 10.5. The summed E-state index contributed by atoms with van der Waals surface area (Å²) in [7, 11) is -1.49. The van der Waals surface area contributed by atoms with Gasteiger partial charge in [0.15, 0.2) is 0 Å². The zero-order valence-electron chi connectivity index (χ0n) is 6.25. The Morgan fingerprint density at radius 1 is 1.33 bits per heavy atom. The lowest BCUT2D eigenvalue weighted by molar-refractivity contribution is 0.322. The van der Waals surface area contributed by atoms with E-state index in [1.54, 1.807) is 18.2 Å². The zero-order valence-corrected chi connectivity index (χ0v) is 6.25. The topological polar surface area (TPSA) is 73.1 Å². The maximum absolute atomic E-state index is 8.76. The minimum atomic E-state index is -1.49. The summed E-state index contributed by atoms with van der Waals surface area (Å²) in [6.45, 7) is 0. The van der Waals surface area contributed by atoms with Crippen LogP contribution < -0.4 is 5.46 Å². The van der Waals surface area contributed by atoms with E-state index in [-0.39, 0.29) is 0 Å². The predicted molar refractivity (Wildman–Crippen MR) is 45.6 cm³/mol. The molecule has 0 amide bonds. The van der Waals surface area contributed by atoms with E-state index in [9.17, 15) is 0 Å². The summed E-state index contributed by atoms with van der Waals surface area (Å²) in [6.07, 6.45) is 1.21. The monoisotopic (exact) mass is 165 g/mol. The molecular formula is C7H8BNO3. The molecule has 1 aromatic carbocycles. The molecule has 3 N–H and O–H groups in total. The summed E-state index contributed by atoms with van der Waals surface area (Å²) in [5.74, 6) is 0. The molecule has 12 heavy (non-hydrogen) atoms. The minimum Gasteiger partial charge on any atom is -0.423 e. The summed E-state index contributed by atoms with van der Waals surface area (Å²) in [4.78, 5) is 0. The molecule has 1 rings (SSSR count). The first-order chi connectivity index (χ1) is 5.74. The van der Waals surface area contributed by atoms with Gasteiger partial charge in [-0.3, -0.25) is 0 Å². The van der Waals surface area contributed by atoms with Gasteiger partial charge in [0.1, 0.15) is 0 Å². The molecule has 5 heteroatoms. The first-order valence-electron chi connectivity index (χ1n) is 3.37. The minimum absolute atomic E-state index is 0.368. The molecule has 0 spiro atoms. The average molecular weight is 165 g/mol. The third-order valence-electron chi connectivity index (χ3n) is 1.42. The fraction of sp³-hybridized carbons (Fsp3) is 0. The molecule has 4 nitrogen and oxygen atoms in total. The lowest BCUT2D eigenvalue weighted by Crippen LogP contribution is -2.29. The third-order valence-corrected chi connectivity index (χ3v) is 1.42. The van der Waals surface area contributed by atoms with Crippen LogP contribution in [-0.4, -0.2) is 28.6 Å². The molecule has 62 valence electrons. The SMILES string of the molecule is ON=Cc1cccc(B(O)O)c1. The molecule has 0 atom stereocenters. The number of hydrogen-bond donors (Lipinski definition) is 3. The number of benzene rings is 1. The van der Waals surface area contributed by atoms with Crippen LogP contribution in [0.5, 0.6) is 0 Å². The Kier molecular flexibility index (Phi) is 2.84. The van der Waals surface area contributed by atoms with Gasteiger partial charge in [0.05, 0.1) is 6.21 Å². The predicted octanol–water partition coefficient (Wildman–Crippen LogP) is -0.826. The third kappa shape index (κ3) is 2.08. The van der Waals surface area contributed by atoms with E-state index >= 15 is 0 Å². The first kappa shape index (κ1) is 8.77. The zero-order chi connectivity index (χ0) is 8.97. The van der Waals surface area contributed by atoms with Gasteiger partial charge >= 0.3 is 7.12 Å². The molecule has 0 unspecified atom stereocenters. The molecule has 0 fully saturated rings. The molecule has 0 heterocycles. The van der Waals surface area contributed by atoms with E-state index in [2.05, 4.69) is 5.16 Å². The molecule has 0 saturated carbocycles. The van der Waals surface area contributed by atoms with Crippen LogP contribution in [-0.2, 0) is 0 Å². The van der Waals surface area contributed by atoms with E-state index < -0.39 is 7.12 Å². The quantitative estimate of drug-likeness (QED) is 0.232. The molecular weight excluding hydrogens is 157 g/mol. The van der Waals surface area contributed by atoms with Crippen LogP contribution in [0.3, 0.4) is 0 Å². The fourth-order valence-corrected chi connectivity index (χ4v) is 0.867. The largest absolute Gasteiger partial charge is 0.488 e. The highest BCUT2D eigenvalue weighted by Crippen LogP contribution is 1.92. The molecule has 0 radical (unpaired) electrons. The van der Waals surface area contributed by atoms with Gasteiger partial charge in [0.2, 0.25) is 0 Å². The highest BCUT2D eigenvalue weighted by Gasteiger charge is 2.09. The molecule has 1 aromatic rings. The van der Waals surface area contributed by atoms with Gasteiger partial charge in [-0.15, -0.1) is 0 Å². The van der Waals surface area contributed by atoms with Gasteiger partial charge in [-0.2, -0.15) is 0 Å². The summed E-state index contributed by atoms with van der Waals surface area (Å²) < 4.78 is 0. The number of hydrogen-bond acceptors (Lipinski definition) is 4. The van der Waals surface area contributed by atoms with E-state index in [1.807, 2.05) is 0 Å². The van der Waals surface area contributed by atoms with Crippen LogP contribution >= 0.6 is 0 Å². The fourth-order valence-electron chi connectivity index (χ4n) is 0.867. The summed E-state index contributed by atoms with van der Waals surface area (Å²) in [6, 6.07) is 6.42. The van der Waals surface area contributed by atoms with Crippen LogP contribution in [0, 0.1) is 0 Å². The van der Waals surface area contributed by atoms with Crippen molar-refractivity contribution in [3.05, 3.63) is 29.8 Å². The first-order valence-corrected chi connectivity index (χ1v) is 3.37. The molecule has 0 aliphatic heterocycles. The van der Waals surface area contributed by atoms with E-state index in [4.69, 9.17) is 15.3 Å². The Balaban J connectivity index is 2.95. The van der Waals surface area contributed by atoms with E-state index in [0.717, 1.165) is 0 Å². The second-order valence-electron chi connectivity index (χ2n) is 2.29. The summed E-state index contributed by atoms with van der Waals surface area (Å²) >= 11 is 0. The van der Waals surface area contributed by atoms with Gasteiger partial charge < -0.3 is 15.3 Å². The maximum atomic E-state index is 8.76. The van der Waals surface area contributed by atoms with Crippen molar-refractivity contribution in [1.29, 1.82) is 0 Å². The second kappa shape index (κ2) is 3.89. The van der Waals surface area contributed by atoms with Crippen molar-refractivity contribution < 1.29 is 15.3 Å².